The van der Waals surface area contributed by atoms with Gasteiger partial charge in [-0.1, -0.05) is 0 Å². The summed E-state index contributed by atoms with van der Waals surface area (Å²) in [6.45, 7) is 10.4. The molecule has 0 aliphatic rings. The van der Waals surface area contributed by atoms with Crippen LogP contribution in [0.3, 0.4) is 0 Å². The molecule has 1 N–H and O–H groups in total. The van der Waals surface area contributed by atoms with Crippen molar-refractivity contribution in [3.8, 4) is 0 Å². The minimum atomic E-state index is -0.919. The van der Waals surface area contributed by atoms with Gasteiger partial charge in [0.05, 0.1) is 0 Å². The second kappa shape index (κ2) is 5.09. The first kappa shape index (κ1) is 14.6. The molecule has 5 nitrogen and oxygen atoms in total. The zero-order chi connectivity index (χ0) is 13.0. The summed E-state index contributed by atoms with van der Waals surface area (Å²) in [5, 5.41) is 8.82. The van der Waals surface area contributed by atoms with E-state index in [1.54, 1.807) is 41.5 Å². The van der Waals surface area contributed by atoms with E-state index in [0.29, 0.717) is 6.26 Å². The minimum absolute atomic E-state index is 0.290. The van der Waals surface area contributed by atoms with Crippen LogP contribution in [-0.2, 0) is 14.2 Å². The second-order valence-electron chi connectivity index (χ2n) is 5.23. The van der Waals surface area contributed by atoms with Crippen LogP contribution in [0, 0.1) is 0 Å². The predicted molar refractivity (Wildman–Crippen MR) is 58.9 cm³/mol. The van der Waals surface area contributed by atoms with Crippen molar-refractivity contribution >= 4 is 6.16 Å². The van der Waals surface area contributed by atoms with Gasteiger partial charge in [0.1, 0.15) is 11.2 Å². The van der Waals surface area contributed by atoms with Gasteiger partial charge in [0, 0.05) is 0 Å². The molecule has 0 aromatic carbocycles. The molecule has 0 aromatic rings. The minimum Gasteiger partial charge on any atom is -0.508 e. The van der Waals surface area contributed by atoms with Crippen LogP contribution in [0.15, 0.2) is 12.2 Å². The molecule has 5 heteroatoms. The number of carbonyl (C=O) groups excluding carboxylic acids is 1. The first-order valence-electron chi connectivity index (χ1n) is 4.98. The van der Waals surface area contributed by atoms with Crippen LogP contribution in [0.4, 0.5) is 4.79 Å². The highest BCUT2D eigenvalue weighted by Gasteiger charge is 2.22. The molecule has 0 aliphatic heterocycles. The number of ether oxygens (including phenoxy) is 3. The van der Waals surface area contributed by atoms with E-state index in [9.17, 15) is 4.79 Å². The Hall–Kier alpha value is -1.39. The highest BCUT2D eigenvalue weighted by Crippen LogP contribution is 2.16. The summed E-state index contributed by atoms with van der Waals surface area (Å²) in [5.41, 5.74) is -1.23. The van der Waals surface area contributed by atoms with Crippen LogP contribution in [0.1, 0.15) is 41.5 Å². The fourth-order valence-electron chi connectivity index (χ4n) is 0.728. The monoisotopic (exact) mass is 232 g/mol. The lowest BCUT2D eigenvalue weighted by molar-refractivity contribution is -0.0609. The number of aliphatic hydroxyl groups excluding tert-OH is 1. The number of hydrogen-bond donors (Lipinski definition) is 1. The number of carbonyl (C=O) groups is 1. The molecule has 16 heavy (non-hydrogen) atoms. The van der Waals surface area contributed by atoms with Gasteiger partial charge in [-0.15, -0.1) is 0 Å². The highest BCUT2D eigenvalue weighted by atomic mass is 16.8. The Balaban J connectivity index is 4.31. The third kappa shape index (κ3) is 7.96. The number of aliphatic hydroxyl groups is 1. The molecule has 0 spiro atoms. The standard InChI is InChI=1S/C11H20O5/c1-10(2,3)15-8(7-12)14-9(13)16-11(4,5)6/h7,12H,1-6H3/b8-7-. The number of hydrogen-bond acceptors (Lipinski definition) is 5. The predicted octanol–water partition coefficient (Wildman–Crippen LogP) is 3.11. The molecule has 0 atom stereocenters. The van der Waals surface area contributed by atoms with E-state index in [2.05, 4.69) is 4.74 Å². The molecule has 0 heterocycles. The van der Waals surface area contributed by atoms with Gasteiger partial charge in [0.25, 0.3) is 0 Å². The lowest BCUT2D eigenvalue weighted by Gasteiger charge is -2.23. The summed E-state index contributed by atoms with van der Waals surface area (Å²) in [6.07, 6.45) is -0.341. The van der Waals surface area contributed by atoms with Gasteiger partial charge >= 0.3 is 12.1 Å². The molecule has 0 saturated heterocycles. The summed E-state index contributed by atoms with van der Waals surface area (Å²) in [5.74, 6) is -0.290. The Morgan fingerprint density at radius 2 is 1.44 bits per heavy atom. The Morgan fingerprint density at radius 3 is 1.75 bits per heavy atom. The van der Waals surface area contributed by atoms with E-state index < -0.39 is 17.4 Å². The second-order valence-corrected chi connectivity index (χ2v) is 5.23. The molecule has 0 bridgehead atoms. The van der Waals surface area contributed by atoms with Crippen molar-refractivity contribution in [2.24, 2.45) is 0 Å². The van der Waals surface area contributed by atoms with Gasteiger partial charge in [-0.05, 0) is 41.5 Å². The van der Waals surface area contributed by atoms with Crippen molar-refractivity contribution in [2.75, 3.05) is 0 Å². The average Bonchev–Trinajstić information content (AvgIpc) is 1.96. The van der Waals surface area contributed by atoms with Crippen molar-refractivity contribution < 1.29 is 24.1 Å². The molecule has 0 fully saturated rings. The van der Waals surface area contributed by atoms with Crippen molar-refractivity contribution in [2.45, 2.75) is 52.7 Å². The third-order valence-corrected chi connectivity index (χ3v) is 1.09. The van der Waals surface area contributed by atoms with E-state index in [0.717, 1.165) is 0 Å². The highest BCUT2D eigenvalue weighted by molar-refractivity contribution is 5.61. The van der Waals surface area contributed by atoms with Gasteiger partial charge in [-0.3, -0.25) is 0 Å². The normalized spacial score (nSPS) is 13.2. The van der Waals surface area contributed by atoms with Crippen molar-refractivity contribution in [3.05, 3.63) is 12.2 Å². The summed E-state index contributed by atoms with van der Waals surface area (Å²) in [7, 11) is 0. The van der Waals surface area contributed by atoms with Crippen LogP contribution < -0.4 is 0 Å². The Kier molecular flexibility index (Phi) is 4.65. The quantitative estimate of drug-likeness (QED) is 0.585. The lowest BCUT2D eigenvalue weighted by Crippen LogP contribution is -2.26. The molecule has 0 aliphatic carbocycles. The van der Waals surface area contributed by atoms with E-state index in [1.807, 2.05) is 0 Å². The molecular weight excluding hydrogens is 212 g/mol. The lowest BCUT2D eigenvalue weighted by atomic mass is 10.2. The maximum absolute atomic E-state index is 11.2. The SMILES string of the molecule is CC(C)(C)OC(=O)O/C(=C/O)OC(C)(C)C. The van der Waals surface area contributed by atoms with Crippen molar-refractivity contribution in [1.82, 2.24) is 0 Å². The number of rotatable bonds is 2. The maximum atomic E-state index is 11.2. The Bertz CT molecular complexity index is 267. The van der Waals surface area contributed by atoms with Crippen molar-refractivity contribution in [3.63, 3.8) is 0 Å². The summed E-state index contributed by atoms with van der Waals surface area (Å²) in [6, 6.07) is 0. The molecule has 94 valence electrons. The molecule has 0 radical (unpaired) electrons. The van der Waals surface area contributed by atoms with Crippen LogP contribution in [0.25, 0.3) is 0 Å². The average molecular weight is 232 g/mol. The summed E-state index contributed by atoms with van der Waals surface area (Å²) < 4.78 is 14.7. The zero-order valence-corrected chi connectivity index (χ0v) is 10.7. The van der Waals surface area contributed by atoms with E-state index in [4.69, 9.17) is 14.6 Å². The summed E-state index contributed by atoms with van der Waals surface area (Å²) in [4.78, 5) is 11.2. The fraction of sp³-hybridized carbons (Fsp3) is 0.727. The van der Waals surface area contributed by atoms with Gasteiger partial charge in [0.2, 0.25) is 0 Å². The van der Waals surface area contributed by atoms with Crippen LogP contribution in [-0.4, -0.2) is 22.5 Å². The topological polar surface area (TPSA) is 65.0 Å². The van der Waals surface area contributed by atoms with Gasteiger partial charge in [0.15, 0.2) is 6.26 Å². The van der Waals surface area contributed by atoms with E-state index in [1.165, 1.54) is 0 Å². The molecule has 0 rings (SSSR count). The van der Waals surface area contributed by atoms with Crippen molar-refractivity contribution in [1.29, 1.82) is 0 Å². The van der Waals surface area contributed by atoms with Crippen LogP contribution in [0.2, 0.25) is 0 Å². The van der Waals surface area contributed by atoms with Crippen LogP contribution in [0.5, 0.6) is 0 Å². The molecular formula is C11H20O5. The largest absolute Gasteiger partial charge is 0.516 e. The molecule has 0 amide bonds. The Labute approximate surface area is 96.0 Å². The van der Waals surface area contributed by atoms with Gasteiger partial charge in [-0.2, -0.15) is 0 Å². The fourth-order valence-corrected chi connectivity index (χ4v) is 0.728. The van der Waals surface area contributed by atoms with Gasteiger partial charge in [-0.25, -0.2) is 4.79 Å². The van der Waals surface area contributed by atoms with Crippen LogP contribution >= 0.6 is 0 Å². The third-order valence-electron chi connectivity index (χ3n) is 1.09. The Morgan fingerprint density at radius 1 is 1.00 bits per heavy atom. The molecule has 0 aromatic heterocycles. The zero-order valence-electron chi connectivity index (χ0n) is 10.7. The smallest absolute Gasteiger partial charge is 0.508 e. The molecule has 0 unspecified atom stereocenters. The first-order chi connectivity index (χ1) is 7.03. The summed E-state index contributed by atoms with van der Waals surface area (Å²) >= 11 is 0. The van der Waals surface area contributed by atoms with E-state index >= 15 is 0 Å². The van der Waals surface area contributed by atoms with E-state index in [-0.39, 0.29) is 5.95 Å². The van der Waals surface area contributed by atoms with Gasteiger partial charge < -0.3 is 19.3 Å². The maximum Gasteiger partial charge on any atom is 0.516 e. The molecule has 0 saturated carbocycles. The first-order valence-corrected chi connectivity index (χ1v) is 4.98.